The lowest BCUT2D eigenvalue weighted by Gasteiger charge is -2.19. The second-order valence-corrected chi connectivity index (χ2v) is 3.23. The van der Waals surface area contributed by atoms with Crippen LogP contribution in [0.2, 0.25) is 0 Å². The third kappa shape index (κ3) is 2.81. The van der Waals surface area contributed by atoms with Gasteiger partial charge in [-0.25, -0.2) is 0 Å². The highest BCUT2D eigenvalue weighted by Gasteiger charge is 2.13. The summed E-state index contributed by atoms with van der Waals surface area (Å²) in [5.74, 6) is 0.321. The summed E-state index contributed by atoms with van der Waals surface area (Å²) in [6.07, 6.45) is 2.76. The molecule has 1 amide bonds. The maximum Gasteiger partial charge on any atom is 0.222 e. The molecule has 1 N–H and O–H groups in total. The van der Waals surface area contributed by atoms with E-state index in [-0.39, 0.29) is 0 Å². The predicted octanol–water partition coefficient (Wildman–Crippen LogP) is 0.608. The molecule has 1 saturated heterocycles. The molecule has 0 spiro atoms. The van der Waals surface area contributed by atoms with E-state index in [2.05, 4.69) is 5.32 Å². The number of carbonyl (C=O) groups is 1. The van der Waals surface area contributed by atoms with Crippen molar-refractivity contribution in [3.8, 4) is 0 Å². The van der Waals surface area contributed by atoms with Crippen LogP contribution in [0.15, 0.2) is 0 Å². The zero-order valence-corrected chi connectivity index (χ0v) is 7.81. The summed E-state index contributed by atoms with van der Waals surface area (Å²) in [5, 5.41) is 3.28. The minimum atomic E-state index is 0.321. The Morgan fingerprint density at radius 1 is 1.42 bits per heavy atom. The predicted molar refractivity (Wildman–Crippen MR) is 49.0 cm³/mol. The number of nitrogens with one attached hydrogen (secondary N) is 1. The third-order valence-electron chi connectivity index (χ3n) is 2.16. The molecule has 0 unspecified atom stereocenters. The zero-order valence-electron chi connectivity index (χ0n) is 7.81. The maximum atomic E-state index is 11.4. The first-order valence-corrected chi connectivity index (χ1v) is 4.83. The van der Waals surface area contributed by atoms with E-state index < -0.39 is 0 Å². The number of rotatable bonds is 2. The summed E-state index contributed by atoms with van der Waals surface area (Å²) in [6, 6.07) is 0. The Morgan fingerprint density at radius 2 is 2.25 bits per heavy atom. The second-order valence-electron chi connectivity index (χ2n) is 3.23. The lowest BCUT2D eigenvalue weighted by molar-refractivity contribution is -0.131. The van der Waals surface area contributed by atoms with Crippen LogP contribution in [-0.4, -0.2) is 37.0 Å². The molecule has 0 radical (unpaired) electrons. The van der Waals surface area contributed by atoms with Gasteiger partial charge in [-0.05, 0) is 19.4 Å². The van der Waals surface area contributed by atoms with Gasteiger partial charge in [0.15, 0.2) is 0 Å². The summed E-state index contributed by atoms with van der Waals surface area (Å²) in [5.41, 5.74) is 0. The van der Waals surface area contributed by atoms with Crippen molar-refractivity contribution in [1.29, 1.82) is 0 Å². The number of hydrogen-bond donors (Lipinski definition) is 1. The Balaban J connectivity index is 2.32. The molecule has 1 aliphatic heterocycles. The van der Waals surface area contributed by atoms with Crippen molar-refractivity contribution in [2.75, 3.05) is 26.2 Å². The van der Waals surface area contributed by atoms with Gasteiger partial charge in [-0.2, -0.15) is 0 Å². The zero-order chi connectivity index (χ0) is 8.81. The van der Waals surface area contributed by atoms with Crippen LogP contribution in [0.3, 0.4) is 0 Å². The fraction of sp³-hybridized carbons (Fsp3) is 0.889. The standard InChI is InChI=1S/C9H18N2O/c1-2-4-9(12)11-7-3-5-10-6-8-11/h10H,2-8H2,1H3. The minimum Gasteiger partial charge on any atom is -0.341 e. The molecule has 0 atom stereocenters. The van der Waals surface area contributed by atoms with Crippen LogP contribution in [-0.2, 0) is 4.79 Å². The normalized spacial score (nSPS) is 18.9. The van der Waals surface area contributed by atoms with E-state index in [0.717, 1.165) is 39.0 Å². The topological polar surface area (TPSA) is 32.3 Å². The Hall–Kier alpha value is -0.570. The molecule has 3 nitrogen and oxygen atoms in total. The van der Waals surface area contributed by atoms with Crippen molar-refractivity contribution >= 4 is 5.91 Å². The van der Waals surface area contributed by atoms with Gasteiger partial charge in [0.1, 0.15) is 0 Å². The van der Waals surface area contributed by atoms with Gasteiger partial charge in [-0.1, -0.05) is 6.92 Å². The maximum absolute atomic E-state index is 11.4. The molecular weight excluding hydrogens is 152 g/mol. The molecule has 3 heteroatoms. The first-order valence-electron chi connectivity index (χ1n) is 4.83. The van der Waals surface area contributed by atoms with Crippen molar-refractivity contribution in [2.45, 2.75) is 26.2 Å². The van der Waals surface area contributed by atoms with Crippen LogP contribution in [0.25, 0.3) is 0 Å². The SMILES string of the molecule is CCCC(=O)N1CCCNCC1. The number of carbonyl (C=O) groups excluding carboxylic acids is 1. The molecule has 1 rings (SSSR count). The first kappa shape index (κ1) is 9.52. The molecule has 1 fully saturated rings. The van der Waals surface area contributed by atoms with Crippen molar-refractivity contribution in [2.24, 2.45) is 0 Å². The molecule has 0 aromatic heterocycles. The molecule has 0 aromatic carbocycles. The van der Waals surface area contributed by atoms with E-state index in [0.29, 0.717) is 12.3 Å². The molecule has 0 saturated carbocycles. The Bertz CT molecular complexity index is 139. The van der Waals surface area contributed by atoms with Crippen molar-refractivity contribution in [1.82, 2.24) is 10.2 Å². The van der Waals surface area contributed by atoms with Gasteiger partial charge in [-0.3, -0.25) is 4.79 Å². The van der Waals surface area contributed by atoms with Gasteiger partial charge < -0.3 is 10.2 Å². The Kier molecular flexibility index (Phi) is 4.08. The van der Waals surface area contributed by atoms with Crippen LogP contribution >= 0.6 is 0 Å². The molecular formula is C9H18N2O. The van der Waals surface area contributed by atoms with Crippen LogP contribution in [0.5, 0.6) is 0 Å². The van der Waals surface area contributed by atoms with E-state index in [9.17, 15) is 4.79 Å². The lowest BCUT2D eigenvalue weighted by atomic mass is 10.3. The van der Waals surface area contributed by atoms with Gasteiger partial charge in [0.25, 0.3) is 0 Å². The Morgan fingerprint density at radius 3 is 3.00 bits per heavy atom. The molecule has 0 bridgehead atoms. The summed E-state index contributed by atoms with van der Waals surface area (Å²) >= 11 is 0. The molecule has 70 valence electrons. The second kappa shape index (κ2) is 5.14. The van der Waals surface area contributed by atoms with Gasteiger partial charge in [0.2, 0.25) is 5.91 Å². The molecule has 12 heavy (non-hydrogen) atoms. The molecule has 1 heterocycles. The highest BCUT2D eigenvalue weighted by molar-refractivity contribution is 5.76. The van der Waals surface area contributed by atoms with Crippen LogP contribution in [0.4, 0.5) is 0 Å². The molecule has 0 aliphatic carbocycles. The largest absolute Gasteiger partial charge is 0.341 e. The minimum absolute atomic E-state index is 0.321. The molecule has 1 aliphatic rings. The van der Waals surface area contributed by atoms with Gasteiger partial charge >= 0.3 is 0 Å². The quantitative estimate of drug-likeness (QED) is 0.658. The van der Waals surface area contributed by atoms with E-state index >= 15 is 0 Å². The van der Waals surface area contributed by atoms with E-state index in [1.165, 1.54) is 0 Å². The first-order chi connectivity index (χ1) is 5.84. The third-order valence-corrected chi connectivity index (χ3v) is 2.16. The fourth-order valence-corrected chi connectivity index (χ4v) is 1.47. The highest BCUT2D eigenvalue weighted by Crippen LogP contribution is 2.00. The highest BCUT2D eigenvalue weighted by atomic mass is 16.2. The number of amides is 1. The van der Waals surface area contributed by atoms with Gasteiger partial charge in [-0.15, -0.1) is 0 Å². The fourth-order valence-electron chi connectivity index (χ4n) is 1.47. The lowest BCUT2D eigenvalue weighted by Crippen LogP contribution is -2.33. The van der Waals surface area contributed by atoms with E-state index in [1.54, 1.807) is 0 Å². The van der Waals surface area contributed by atoms with Crippen LogP contribution < -0.4 is 5.32 Å². The smallest absolute Gasteiger partial charge is 0.222 e. The van der Waals surface area contributed by atoms with Crippen molar-refractivity contribution in [3.05, 3.63) is 0 Å². The summed E-state index contributed by atoms with van der Waals surface area (Å²) < 4.78 is 0. The van der Waals surface area contributed by atoms with Gasteiger partial charge in [0, 0.05) is 26.1 Å². The monoisotopic (exact) mass is 170 g/mol. The average molecular weight is 170 g/mol. The number of hydrogen-bond acceptors (Lipinski definition) is 2. The van der Waals surface area contributed by atoms with Crippen LogP contribution in [0.1, 0.15) is 26.2 Å². The van der Waals surface area contributed by atoms with Crippen molar-refractivity contribution in [3.63, 3.8) is 0 Å². The number of nitrogens with zero attached hydrogens (tertiary/aromatic N) is 1. The van der Waals surface area contributed by atoms with E-state index in [4.69, 9.17) is 0 Å². The van der Waals surface area contributed by atoms with Gasteiger partial charge in [0.05, 0.1) is 0 Å². The summed E-state index contributed by atoms with van der Waals surface area (Å²) in [6.45, 7) is 5.88. The van der Waals surface area contributed by atoms with E-state index in [1.807, 2.05) is 11.8 Å². The average Bonchev–Trinajstić information content (AvgIpc) is 2.32. The molecule has 0 aromatic rings. The van der Waals surface area contributed by atoms with Crippen molar-refractivity contribution < 1.29 is 4.79 Å². The summed E-state index contributed by atoms with van der Waals surface area (Å²) in [7, 11) is 0. The Labute approximate surface area is 74.1 Å². The summed E-state index contributed by atoms with van der Waals surface area (Å²) in [4.78, 5) is 13.4. The van der Waals surface area contributed by atoms with Crippen LogP contribution in [0, 0.1) is 0 Å².